The van der Waals surface area contributed by atoms with Crippen LogP contribution in [0.3, 0.4) is 0 Å². The number of ether oxygens (including phenoxy) is 1. The molecule has 0 aromatic heterocycles. The van der Waals surface area contributed by atoms with Gasteiger partial charge in [0.2, 0.25) is 0 Å². The number of para-hydroxylation sites is 1. The SMILES string of the molecule is NCc1cccc(Br)c1OCc1ccc(I)cc1. The third-order valence-electron chi connectivity index (χ3n) is 2.56. The van der Waals surface area contributed by atoms with Crippen molar-refractivity contribution < 1.29 is 4.74 Å². The number of hydrogen-bond donors (Lipinski definition) is 1. The predicted octanol–water partition coefficient (Wildman–Crippen LogP) is 4.09. The van der Waals surface area contributed by atoms with Gasteiger partial charge < -0.3 is 10.5 Å². The van der Waals surface area contributed by atoms with Gasteiger partial charge in [0.15, 0.2) is 0 Å². The Bertz CT molecular complexity index is 528. The second kappa shape index (κ2) is 6.54. The first-order chi connectivity index (χ1) is 8.70. The fourth-order valence-corrected chi connectivity index (χ4v) is 2.49. The quantitative estimate of drug-likeness (QED) is 0.760. The van der Waals surface area contributed by atoms with E-state index in [1.807, 2.05) is 18.2 Å². The van der Waals surface area contributed by atoms with Gasteiger partial charge >= 0.3 is 0 Å². The standard InChI is InChI=1S/C14H13BrINO/c15-13-3-1-2-11(8-17)14(13)18-9-10-4-6-12(16)7-5-10/h1-7H,8-9,17H2. The van der Waals surface area contributed by atoms with Crippen LogP contribution in [0.15, 0.2) is 46.9 Å². The average molecular weight is 418 g/mol. The molecule has 0 atom stereocenters. The number of rotatable bonds is 4. The van der Waals surface area contributed by atoms with Crippen molar-refractivity contribution in [2.75, 3.05) is 0 Å². The lowest BCUT2D eigenvalue weighted by molar-refractivity contribution is 0.301. The molecule has 0 radical (unpaired) electrons. The Morgan fingerprint density at radius 1 is 1.11 bits per heavy atom. The third kappa shape index (κ3) is 3.46. The third-order valence-corrected chi connectivity index (χ3v) is 3.91. The van der Waals surface area contributed by atoms with Crippen LogP contribution in [-0.4, -0.2) is 0 Å². The fourth-order valence-electron chi connectivity index (χ4n) is 1.61. The zero-order chi connectivity index (χ0) is 13.0. The highest BCUT2D eigenvalue weighted by Crippen LogP contribution is 2.29. The number of nitrogens with two attached hydrogens (primary N) is 1. The van der Waals surface area contributed by atoms with E-state index in [2.05, 4.69) is 62.8 Å². The minimum atomic E-state index is 0.474. The van der Waals surface area contributed by atoms with Crippen molar-refractivity contribution in [2.24, 2.45) is 5.73 Å². The normalized spacial score (nSPS) is 10.4. The van der Waals surface area contributed by atoms with E-state index >= 15 is 0 Å². The molecular weight excluding hydrogens is 405 g/mol. The molecule has 2 aromatic rings. The summed E-state index contributed by atoms with van der Waals surface area (Å²) in [7, 11) is 0. The zero-order valence-corrected chi connectivity index (χ0v) is 13.4. The van der Waals surface area contributed by atoms with Gasteiger partial charge in [0.1, 0.15) is 12.4 Å². The molecule has 0 amide bonds. The molecule has 94 valence electrons. The van der Waals surface area contributed by atoms with Gasteiger partial charge in [-0.3, -0.25) is 0 Å². The maximum Gasteiger partial charge on any atom is 0.138 e. The van der Waals surface area contributed by atoms with Gasteiger partial charge in [-0.1, -0.05) is 24.3 Å². The lowest BCUT2D eigenvalue weighted by atomic mass is 10.2. The lowest BCUT2D eigenvalue weighted by Gasteiger charge is -2.12. The first kappa shape index (κ1) is 13.8. The molecule has 0 heterocycles. The van der Waals surface area contributed by atoms with E-state index in [-0.39, 0.29) is 0 Å². The summed E-state index contributed by atoms with van der Waals surface area (Å²) >= 11 is 5.78. The summed E-state index contributed by atoms with van der Waals surface area (Å²) < 4.78 is 8.02. The predicted molar refractivity (Wildman–Crippen MR) is 85.5 cm³/mol. The Kier molecular flexibility index (Phi) is 5.03. The maximum atomic E-state index is 5.86. The van der Waals surface area contributed by atoms with E-state index in [1.54, 1.807) is 0 Å². The topological polar surface area (TPSA) is 35.2 Å². The molecular formula is C14H13BrINO. The Morgan fingerprint density at radius 2 is 1.83 bits per heavy atom. The Morgan fingerprint density at radius 3 is 2.50 bits per heavy atom. The summed E-state index contributed by atoms with van der Waals surface area (Å²) in [5, 5.41) is 0. The molecule has 4 heteroatoms. The molecule has 2 aromatic carbocycles. The van der Waals surface area contributed by atoms with Crippen LogP contribution in [-0.2, 0) is 13.2 Å². The van der Waals surface area contributed by atoms with Crippen LogP contribution < -0.4 is 10.5 Å². The van der Waals surface area contributed by atoms with Gasteiger partial charge in [-0.25, -0.2) is 0 Å². The van der Waals surface area contributed by atoms with E-state index in [1.165, 1.54) is 3.57 Å². The molecule has 0 bridgehead atoms. The highest BCUT2D eigenvalue weighted by Gasteiger charge is 2.06. The van der Waals surface area contributed by atoms with Crippen LogP contribution in [0.2, 0.25) is 0 Å². The van der Waals surface area contributed by atoms with Crippen molar-refractivity contribution >= 4 is 38.5 Å². The second-order valence-corrected chi connectivity index (χ2v) is 5.95. The van der Waals surface area contributed by atoms with Crippen molar-refractivity contribution in [1.29, 1.82) is 0 Å². The van der Waals surface area contributed by atoms with Crippen LogP contribution in [0.1, 0.15) is 11.1 Å². The lowest BCUT2D eigenvalue weighted by Crippen LogP contribution is -2.03. The van der Waals surface area contributed by atoms with Crippen LogP contribution in [0, 0.1) is 3.57 Å². The van der Waals surface area contributed by atoms with Crippen LogP contribution >= 0.6 is 38.5 Å². The summed E-state index contributed by atoms with van der Waals surface area (Å²) in [4.78, 5) is 0. The number of hydrogen-bond acceptors (Lipinski definition) is 2. The molecule has 2 N–H and O–H groups in total. The number of halogens is 2. The monoisotopic (exact) mass is 417 g/mol. The highest BCUT2D eigenvalue weighted by atomic mass is 127. The van der Waals surface area contributed by atoms with Crippen molar-refractivity contribution in [3.8, 4) is 5.75 Å². The van der Waals surface area contributed by atoms with Gasteiger partial charge in [0.05, 0.1) is 4.47 Å². The largest absolute Gasteiger partial charge is 0.487 e. The van der Waals surface area contributed by atoms with Gasteiger partial charge in [-0.2, -0.15) is 0 Å². The minimum Gasteiger partial charge on any atom is -0.487 e. The van der Waals surface area contributed by atoms with E-state index < -0.39 is 0 Å². The molecule has 0 fully saturated rings. The second-order valence-electron chi connectivity index (χ2n) is 3.85. The van der Waals surface area contributed by atoms with Crippen LogP contribution in [0.4, 0.5) is 0 Å². The van der Waals surface area contributed by atoms with Crippen molar-refractivity contribution in [2.45, 2.75) is 13.2 Å². The van der Waals surface area contributed by atoms with E-state index in [0.717, 1.165) is 21.3 Å². The maximum absolute atomic E-state index is 5.86. The summed E-state index contributed by atoms with van der Waals surface area (Å²) in [6.45, 7) is 1.02. The highest BCUT2D eigenvalue weighted by molar-refractivity contribution is 14.1. The smallest absolute Gasteiger partial charge is 0.138 e. The molecule has 0 aliphatic heterocycles. The van der Waals surface area contributed by atoms with Gasteiger partial charge in [0, 0.05) is 15.7 Å². The molecule has 18 heavy (non-hydrogen) atoms. The molecule has 0 unspecified atom stereocenters. The van der Waals surface area contributed by atoms with Crippen LogP contribution in [0.5, 0.6) is 5.75 Å². The molecule has 2 nitrogen and oxygen atoms in total. The Balaban J connectivity index is 2.12. The van der Waals surface area contributed by atoms with E-state index in [0.29, 0.717) is 13.2 Å². The van der Waals surface area contributed by atoms with Gasteiger partial charge in [-0.15, -0.1) is 0 Å². The van der Waals surface area contributed by atoms with Gasteiger partial charge in [-0.05, 0) is 62.3 Å². The molecule has 0 aliphatic carbocycles. The summed E-state index contributed by atoms with van der Waals surface area (Å²) in [6, 6.07) is 14.2. The molecule has 0 aliphatic rings. The van der Waals surface area contributed by atoms with Crippen LogP contribution in [0.25, 0.3) is 0 Å². The number of benzene rings is 2. The summed E-state index contributed by atoms with van der Waals surface area (Å²) in [6.07, 6.45) is 0. The summed E-state index contributed by atoms with van der Waals surface area (Å²) in [5.41, 5.74) is 7.86. The molecule has 0 saturated heterocycles. The van der Waals surface area contributed by atoms with E-state index in [9.17, 15) is 0 Å². The zero-order valence-electron chi connectivity index (χ0n) is 9.70. The first-order valence-corrected chi connectivity index (χ1v) is 7.42. The first-order valence-electron chi connectivity index (χ1n) is 5.55. The average Bonchev–Trinajstić information content (AvgIpc) is 2.39. The molecule has 0 saturated carbocycles. The van der Waals surface area contributed by atoms with Gasteiger partial charge in [0.25, 0.3) is 0 Å². The fraction of sp³-hybridized carbons (Fsp3) is 0.143. The Labute approximate surface area is 129 Å². The Hall–Kier alpha value is -0.590. The minimum absolute atomic E-state index is 0.474. The molecule has 0 spiro atoms. The molecule has 2 rings (SSSR count). The summed E-state index contributed by atoms with van der Waals surface area (Å²) in [5.74, 6) is 0.832. The van der Waals surface area contributed by atoms with Crippen molar-refractivity contribution in [1.82, 2.24) is 0 Å². The van der Waals surface area contributed by atoms with Crippen molar-refractivity contribution in [3.05, 3.63) is 61.6 Å². The van der Waals surface area contributed by atoms with E-state index in [4.69, 9.17) is 10.5 Å². The van der Waals surface area contributed by atoms with Crippen molar-refractivity contribution in [3.63, 3.8) is 0 Å².